The Morgan fingerprint density at radius 2 is 1.90 bits per heavy atom. The maximum Gasteiger partial charge on any atom is 0.416 e. The zero-order valence-electron chi connectivity index (χ0n) is 11.3. The number of benzene rings is 1. The summed E-state index contributed by atoms with van der Waals surface area (Å²) in [5.74, 6) is -0.158. The van der Waals surface area contributed by atoms with E-state index in [9.17, 15) is 18.0 Å². The number of alkyl halides is 4. The smallest absolute Gasteiger partial charge is 0.416 e. The molecule has 20 heavy (non-hydrogen) atoms. The minimum Gasteiger partial charge on any atom is -0.444 e. The number of anilines is 1. The van der Waals surface area contributed by atoms with Gasteiger partial charge in [-0.05, 0) is 44.5 Å². The maximum absolute atomic E-state index is 12.6. The summed E-state index contributed by atoms with van der Waals surface area (Å²) in [6.45, 7) is 5.05. The van der Waals surface area contributed by atoms with Gasteiger partial charge in [0, 0.05) is 11.6 Å². The number of rotatable bonds is 2. The zero-order chi connectivity index (χ0) is 15.6. The second-order valence-electron chi connectivity index (χ2n) is 5.13. The topological polar surface area (TPSA) is 38.3 Å². The van der Waals surface area contributed by atoms with Gasteiger partial charge in [-0.1, -0.05) is 0 Å². The van der Waals surface area contributed by atoms with Gasteiger partial charge in [0.05, 0.1) is 5.56 Å². The molecule has 0 aliphatic rings. The lowest BCUT2D eigenvalue weighted by Gasteiger charge is -2.20. The number of hydrogen-bond donors (Lipinski definition) is 1. The van der Waals surface area contributed by atoms with E-state index in [1.165, 1.54) is 0 Å². The van der Waals surface area contributed by atoms with Crippen molar-refractivity contribution in [3.63, 3.8) is 0 Å². The van der Waals surface area contributed by atoms with Crippen LogP contribution in [-0.4, -0.2) is 11.7 Å². The van der Waals surface area contributed by atoms with E-state index in [2.05, 4.69) is 5.32 Å². The number of hydrogen-bond acceptors (Lipinski definition) is 2. The quantitative estimate of drug-likeness (QED) is 0.798. The van der Waals surface area contributed by atoms with Gasteiger partial charge in [-0.2, -0.15) is 13.2 Å². The van der Waals surface area contributed by atoms with Crippen molar-refractivity contribution in [3.05, 3.63) is 29.3 Å². The second kappa shape index (κ2) is 5.91. The van der Waals surface area contributed by atoms with Crippen LogP contribution in [0.25, 0.3) is 0 Å². The molecule has 7 heteroatoms. The van der Waals surface area contributed by atoms with Crippen LogP contribution in [0.15, 0.2) is 18.2 Å². The van der Waals surface area contributed by atoms with Crippen molar-refractivity contribution >= 4 is 23.4 Å². The molecule has 0 fully saturated rings. The van der Waals surface area contributed by atoms with Crippen molar-refractivity contribution < 1.29 is 22.7 Å². The van der Waals surface area contributed by atoms with E-state index in [1.54, 1.807) is 20.8 Å². The summed E-state index contributed by atoms with van der Waals surface area (Å²) in [6, 6.07) is 2.94. The maximum atomic E-state index is 12.6. The molecule has 0 radical (unpaired) electrons. The average molecular weight is 310 g/mol. The molecule has 0 bridgehead atoms. The van der Waals surface area contributed by atoms with Crippen LogP contribution in [0.2, 0.25) is 0 Å². The fourth-order valence-electron chi connectivity index (χ4n) is 1.42. The Hall–Kier alpha value is -1.43. The highest BCUT2D eigenvalue weighted by Crippen LogP contribution is 2.32. The number of carbonyl (C=O) groups excluding carboxylic acids is 1. The van der Waals surface area contributed by atoms with Crippen molar-refractivity contribution in [3.8, 4) is 0 Å². The largest absolute Gasteiger partial charge is 0.444 e. The van der Waals surface area contributed by atoms with Crippen molar-refractivity contribution in [1.29, 1.82) is 0 Å². The summed E-state index contributed by atoms with van der Waals surface area (Å²) in [6.07, 6.45) is -5.20. The SMILES string of the molecule is CC(C)(C)OC(=O)Nc1ccc(C(F)(F)F)cc1CCl. The Kier molecular flexibility index (Phi) is 4.91. The molecule has 1 rings (SSSR count). The fraction of sp³-hybridized carbons (Fsp3) is 0.462. The van der Waals surface area contributed by atoms with Gasteiger partial charge in [-0.3, -0.25) is 5.32 Å². The van der Waals surface area contributed by atoms with Gasteiger partial charge in [0.15, 0.2) is 0 Å². The molecule has 0 atom stereocenters. The highest BCUT2D eigenvalue weighted by molar-refractivity contribution is 6.17. The predicted molar refractivity (Wildman–Crippen MR) is 70.9 cm³/mol. The van der Waals surface area contributed by atoms with E-state index in [-0.39, 0.29) is 17.1 Å². The first kappa shape index (κ1) is 16.6. The van der Waals surface area contributed by atoms with Gasteiger partial charge in [0.1, 0.15) is 5.60 Å². The number of amides is 1. The zero-order valence-corrected chi connectivity index (χ0v) is 12.0. The molecule has 0 heterocycles. The van der Waals surface area contributed by atoms with Crippen LogP contribution >= 0.6 is 11.6 Å². The third kappa shape index (κ3) is 4.92. The lowest BCUT2D eigenvalue weighted by Crippen LogP contribution is -2.27. The molecule has 0 unspecified atom stereocenters. The number of nitrogens with one attached hydrogen (secondary N) is 1. The van der Waals surface area contributed by atoms with E-state index in [0.717, 1.165) is 18.2 Å². The van der Waals surface area contributed by atoms with Crippen molar-refractivity contribution in [2.45, 2.75) is 38.4 Å². The lowest BCUT2D eigenvalue weighted by molar-refractivity contribution is -0.137. The Balaban J connectivity index is 2.94. The molecular formula is C13H15ClF3NO2. The first-order valence-corrected chi connectivity index (χ1v) is 6.32. The van der Waals surface area contributed by atoms with E-state index >= 15 is 0 Å². The average Bonchev–Trinajstić information content (AvgIpc) is 2.25. The number of halogens is 4. The molecule has 0 aromatic heterocycles. The Morgan fingerprint density at radius 3 is 2.35 bits per heavy atom. The van der Waals surface area contributed by atoms with E-state index in [1.807, 2.05) is 0 Å². The molecule has 0 aliphatic heterocycles. The summed E-state index contributed by atoms with van der Waals surface area (Å²) >= 11 is 5.61. The predicted octanol–water partition coefficient (Wildman–Crippen LogP) is 4.79. The van der Waals surface area contributed by atoms with Gasteiger partial charge in [-0.25, -0.2) is 4.79 Å². The minimum atomic E-state index is -4.45. The Labute approximate surface area is 120 Å². The molecule has 3 nitrogen and oxygen atoms in total. The van der Waals surface area contributed by atoms with E-state index < -0.39 is 23.4 Å². The van der Waals surface area contributed by atoms with Gasteiger partial charge in [0.25, 0.3) is 0 Å². The summed E-state index contributed by atoms with van der Waals surface area (Å²) in [5.41, 5.74) is -1.14. The lowest BCUT2D eigenvalue weighted by atomic mass is 10.1. The third-order valence-corrected chi connectivity index (χ3v) is 2.50. The monoisotopic (exact) mass is 309 g/mol. The van der Waals surface area contributed by atoms with E-state index in [4.69, 9.17) is 16.3 Å². The Bertz CT molecular complexity index is 495. The van der Waals surface area contributed by atoms with Gasteiger partial charge < -0.3 is 4.74 Å². The van der Waals surface area contributed by atoms with Crippen LogP contribution in [0.1, 0.15) is 31.9 Å². The van der Waals surface area contributed by atoms with Crippen LogP contribution < -0.4 is 5.32 Å². The molecule has 1 N–H and O–H groups in total. The molecule has 1 aromatic rings. The molecule has 0 saturated carbocycles. The summed E-state index contributed by atoms with van der Waals surface area (Å²) < 4.78 is 42.7. The first-order chi connectivity index (χ1) is 9.03. The summed E-state index contributed by atoms with van der Waals surface area (Å²) in [7, 11) is 0. The number of carbonyl (C=O) groups is 1. The summed E-state index contributed by atoms with van der Waals surface area (Å²) in [4.78, 5) is 11.6. The van der Waals surface area contributed by atoms with Crippen molar-refractivity contribution in [2.75, 3.05) is 5.32 Å². The van der Waals surface area contributed by atoms with Crippen molar-refractivity contribution in [2.24, 2.45) is 0 Å². The third-order valence-electron chi connectivity index (χ3n) is 2.21. The normalized spacial score (nSPS) is 12.2. The van der Waals surface area contributed by atoms with Gasteiger partial charge in [0.2, 0.25) is 0 Å². The van der Waals surface area contributed by atoms with Crippen molar-refractivity contribution in [1.82, 2.24) is 0 Å². The van der Waals surface area contributed by atoms with E-state index in [0.29, 0.717) is 0 Å². The molecule has 1 aromatic carbocycles. The van der Waals surface area contributed by atoms with Crippen LogP contribution in [0.3, 0.4) is 0 Å². The molecule has 1 amide bonds. The molecule has 0 spiro atoms. The van der Waals surface area contributed by atoms with Crippen LogP contribution in [0, 0.1) is 0 Å². The standard InChI is InChI=1S/C13H15ClF3NO2/c1-12(2,3)20-11(19)18-10-5-4-9(13(15,16)17)6-8(10)7-14/h4-6H,7H2,1-3H3,(H,18,19). The summed E-state index contributed by atoms with van der Waals surface area (Å²) in [5, 5.41) is 2.38. The first-order valence-electron chi connectivity index (χ1n) is 5.79. The highest BCUT2D eigenvalue weighted by Gasteiger charge is 2.31. The highest BCUT2D eigenvalue weighted by atomic mass is 35.5. The van der Waals surface area contributed by atoms with Gasteiger partial charge in [-0.15, -0.1) is 11.6 Å². The molecule has 0 aliphatic carbocycles. The minimum absolute atomic E-state index is 0.158. The molecule has 112 valence electrons. The Morgan fingerprint density at radius 1 is 1.30 bits per heavy atom. The second-order valence-corrected chi connectivity index (χ2v) is 5.40. The van der Waals surface area contributed by atoms with Crippen LogP contribution in [-0.2, 0) is 16.8 Å². The molecular weight excluding hydrogens is 295 g/mol. The fourth-order valence-corrected chi connectivity index (χ4v) is 1.64. The van der Waals surface area contributed by atoms with Crippen LogP contribution in [0.5, 0.6) is 0 Å². The number of ether oxygens (including phenoxy) is 1. The molecule has 0 saturated heterocycles. The van der Waals surface area contributed by atoms with Crippen LogP contribution in [0.4, 0.5) is 23.7 Å². The van der Waals surface area contributed by atoms with Gasteiger partial charge >= 0.3 is 12.3 Å².